The molecule has 1 aromatic carbocycles. The average Bonchev–Trinajstić information content (AvgIpc) is 2.81. The van der Waals surface area contributed by atoms with Crippen molar-refractivity contribution in [2.24, 2.45) is 0 Å². The molecule has 1 aromatic heterocycles. The Labute approximate surface area is 96.3 Å². The SMILES string of the molecule is CNC(Cc1ccccc1C)c1ccco1. The Morgan fingerprint density at radius 3 is 2.62 bits per heavy atom. The van der Waals surface area contributed by atoms with Crippen LogP contribution < -0.4 is 5.32 Å². The molecule has 16 heavy (non-hydrogen) atoms. The van der Waals surface area contributed by atoms with Crippen LogP contribution in [0.15, 0.2) is 47.1 Å². The van der Waals surface area contributed by atoms with Crippen molar-refractivity contribution < 1.29 is 4.42 Å². The standard InChI is InChI=1S/C14H17NO/c1-11-6-3-4-7-12(11)10-13(15-2)14-8-5-9-16-14/h3-9,13,15H,10H2,1-2H3. The lowest BCUT2D eigenvalue weighted by atomic mass is 10.00. The van der Waals surface area contributed by atoms with Crippen LogP contribution in [0.3, 0.4) is 0 Å². The van der Waals surface area contributed by atoms with Gasteiger partial charge >= 0.3 is 0 Å². The van der Waals surface area contributed by atoms with E-state index in [4.69, 9.17) is 4.42 Å². The van der Waals surface area contributed by atoms with E-state index in [0.29, 0.717) is 0 Å². The molecule has 2 aromatic rings. The summed E-state index contributed by atoms with van der Waals surface area (Å²) in [6, 6.07) is 12.7. The zero-order chi connectivity index (χ0) is 11.4. The molecule has 2 nitrogen and oxygen atoms in total. The molecule has 1 N–H and O–H groups in total. The lowest BCUT2D eigenvalue weighted by molar-refractivity contribution is 0.429. The first-order chi connectivity index (χ1) is 7.81. The predicted molar refractivity (Wildman–Crippen MR) is 65.4 cm³/mol. The molecule has 0 bridgehead atoms. The Kier molecular flexibility index (Phi) is 3.42. The number of benzene rings is 1. The second-order valence-electron chi connectivity index (χ2n) is 3.99. The van der Waals surface area contributed by atoms with Crippen LogP contribution in [0.4, 0.5) is 0 Å². The van der Waals surface area contributed by atoms with Crippen molar-refractivity contribution in [3.05, 3.63) is 59.5 Å². The number of furan rings is 1. The van der Waals surface area contributed by atoms with Crippen LogP contribution in [0.5, 0.6) is 0 Å². The normalized spacial score (nSPS) is 12.6. The van der Waals surface area contributed by atoms with Gasteiger partial charge in [0.05, 0.1) is 12.3 Å². The van der Waals surface area contributed by atoms with Gasteiger partial charge in [-0.25, -0.2) is 0 Å². The van der Waals surface area contributed by atoms with E-state index in [1.807, 2.05) is 19.2 Å². The summed E-state index contributed by atoms with van der Waals surface area (Å²) in [4.78, 5) is 0. The Balaban J connectivity index is 2.17. The third kappa shape index (κ3) is 2.34. The number of hydrogen-bond acceptors (Lipinski definition) is 2. The summed E-state index contributed by atoms with van der Waals surface area (Å²) in [5.74, 6) is 0.991. The Hall–Kier alpha value is -1.54. The fraction of sp³-hybridized carbons (Fsp3) is 0.286. The largest absolute Gasteiger partial charge is 0.468 e. The minimum atomic E-state index is 0.246. The van der Waals surface area contributed by atoms with Gasteiger partial charge in [-0.1, -0.05) is 24.3 Å². The molecule has 1 heterocycles. The third-order valence-electron chi connectivity index (χ3n) is 2.92. The highest BCUT2D eigenvalue weighted by Gasteiger charge is 2.13. The van der Waals surface area contributed by atoms with E-state index >= 15 is 0 Å². The van der Waals surface area contributed by atoms with Crippen LogP contribution in [-0.2, 0) is 6.42 Å². The van der Waals surface area contributed by atoms with Crippen LogP contribution >= 0.6 is 0 Å². The van der Waals surface area contributed by atoms with E-state index in [2.05, 4.69) is 36.5 Å². The summed E-state index contributed by atoms with van der Waals surface area (Å²) in [5, 5.41) is 3.29. The average molecular weight is 215 g/mol. The molecule has 0 aliphatic rings. The lowest BCUT2D eigenvalue weighted by Crippen LogP contribution is -2.18. The second-order valence-corrected chi connectivity index (χ2v) is 3.99. The summed E-state index contributed by atoms with van der Waals surface area (Å²) in [5.41, 5.74) is 2.69. The van der Waals surface area contributed by atoms with Crippen molar-refractivity contribution in [1.29, 1.82) is 0 Å². The lowest BCUT2D eigenvalue weighted by Gasteiger charge is -2.15. The monoisotopic (exact) mass is 215 g/mol. The minimum absolute atomic E-state index is 0.246. The van der Waals surface area contributed by atoms with E-state index in [1.54, 1.807) is 6.26 Å². The van der Waals surface area contributed by atoms with Gasteiger partial charge in [0.2, 0.25) is 0 Å². The number of likely N-dealkylation sites (N-methyl/N-ethyl adjacent to an activating group) is 1. The number of hydrogen-bond donors (Lipinski definition) is 1. The van der Waals surface area contributed by atoms with Crippen LogP contribution in [0.25, 0.3) is 0 Å². The molecule has 2 rings (SSSR count). The molecule has 0 saturated heterocycles. The van der Waals surface area contributed by atoms with Crippen LogP contribution in [-0.4, -0.2) is 7.05 Å². The number of nitrogens with one attached hydrogen (secondary N) is 1. The van der Waals surface area contributed by atoms with Crippen LogP contribution in [0, 0.1) is 6.92 Å². The summed E-state index contributed by atoms with van der Waals surface area (Å²) >= 11 is 0. The molecule has 0 aliphatic carbocycles. The van der Waals surface area contributed by atoms with Crippen molar-refractivity contribution in [1.82, 2.24) is 5.32 Å². The fourth-order valence-electron chi connectivity index (χ4n) is 1.89. The molecular formula is C14H17NO. The highest BCUT2D eigenvalue weighted by Crippen LogP contribution is 2.20. The summed E-state index contributed by atoms with van der Waals surface area (Å²) < 4.78 is 5.44. The van der Waals surface area contributed by atoms with E-state index in [9.17, 15) is 0 Å². The van der Waals surface area contributed by atoms with Gasteiger partial charge in [-0.15, -0.1) is 0 Å². The highest BCUT2D eigenvalue weighted by molar-refractivity contribution is 5.27. The number of aryl methyl sites for hydroxylation is 1. The van der Waals surface area contributed by atoms with Gasteiger partial charge in [0.1, 0.15) is 5.76 Å². The third-order valence-corrected chi connectivity index (χ3v) is 2.92. The predicted octanol–water partition coefficient (Wildman–Crippen LogP) is 3.09. The van der Waals surface area contributed by atoms with Gasteiger partial charge in [0, 0.05) is 0 Å². The first-order valence-corrected chi connectivity index (χ1v) is 5.56. The molecule has 84 valence electrons. The maximum absolute atomic E-state index is 5.44. The first-order valence-electron chi connectivity index (χ1n) is 5.56. The van der Waals surface area contributed by atoms with Crippen LogP contribution in [0.1, 0.15) is 22.9 Å². The summed E-state index contributed by atoms with van der Waals surface area (Å²) in [6.07, 6.45) is 2.67. The van der Waals surface area contributed by atoms with Gasteiger partial charge in [-0.2, -0.15) is 0 Å². The Morgan fingerprint density at radius 2 is 2.00 bits per heavy atom. The van der Waals surface area contributed by atoms with E-state index in [0.717, 1.165) is 12.2 Å². The van der Waals surface area contributed by atoms with E-state index < -0.39 is 0 Å². The zero-order valence-corrected chi connectivity index (χ0v) is 9.73. The molecule has 0 amide bonds. The summed E-state index contributed by atoms with van der Waals surface area (Å²) in [6.45, 7) is 2.14. The van der Waals surface area contributed by atoms with E-state index in [1.165, 1.54) is 11.1 Å². The maximum Gasteiger partial charge on any atom is 0.121 e. The molecule has 0 saturated carbocycles. The topological polar surface area (TPSA) is 25.2 Å². The van der Waals surface area contributed by atoms with Crippen molar-refractivity contribution in [2.45, 2.75) is 19.4 Å². The Bertz CT molecular complexity index is 434. The molecule has 0 fully saturated rings. The molecule has 1 atom stereocenters. The molecule has 0 aliphatic heterocycles. The molecule has 2 heteroatoms. The molecule has 0 spiro atoms. The van der Waals surface area contributed by atoms with Gasteiger partial charge in [0.15, 0.2) is 0 Å². The van der Waals surface area contributed by atoms with Gasteiger partial charge in [-0.05, 0) is 43.7 Å². The van der Waals surface area contributed by atoms with Gasteiger partial charge < -0.3 is 9.73 Å². The fourth-order valence-corrected chi connectivity index (χ4v) is 1.89. The zero-order valence-electron chi connectivity index (χ0n) is 9.73. The maximum atomic E-state index is 5.44. The van der Waals surface area contributed by atoms with Crippen molar-refractivity contribution >= 4 is 0 Å². The van der Waals surface area contributed by atoms with E-state index in [-0.39, 0.29) is 6.04 Å². The Morgan fingerprint density at radius 1 is 1.19 bits per heavy atom. The minimum Gasteiger partial charge on any atom is -0.468 e. The molecular weight excluding hydrogens is 198 g/mol. The smallest absolute Gasteiger partial charge is 0.121 e. The molecule has 0 radical (unpaired) electrons. The van der Waals surface area contributed by atoms with Crippen LogP contribution in [0.2, 0.25) is 0 Å². The first kappa shape index (κ1) is 11.0. The summed E-state index contributed by atoms with van der Waals surface area (Å²) in [7, 11) is 1.96. The quantitative estimate of drug-likeness (QED) is 0.847. The van der Waals surface area contributed by atoms with Gasteiger partial charge in [0.25, 0.3) is 0 Å². The highest BCUT2D eigenvalue weighted by atomic mass is 16.3. The van der Waals surface area contributed by atoms with Crippen molar-refractivity contribution in [3.8, 4) is 0 Å². The second kappa shape index (κ2) is 4.99. The van der Waals surface area contributed by atoms with Gasteiger partial charge in [-0.3, -0.25) is 0 Å². The molecule has 1 unspecified atom stereocenters. The number of rotatable bonds is 4. The van der Waals surface area contributed by atoms with Crippen molar-refractivity contribution in [2.75, 3.05) is 7.05 Å². The van der Waals surface area contributed by atoms with Crippen molar-refractivity contribution in [3.63, 3.8) is 0 Å².